The highest BCUT2D eigenvalue weighted by Crippen LogP contribution is 2.40. The van der Waals surface area contributed by atoms with Crippen molar-refractivity contribution in [1.29, 1.82) is 0 Å². The normalized spacial score (nSPS) is 14.7. The quantitative estimate of drug-likeness (QED) is 0.818. The zero-order chi connectivity index (χ0) is 10.7. The van der Waals surface area contributed by atoms with Crippen LogP contribution in [-0.4, -0.2) is 0 Å². The van der Waals surface area contributed by atoms with Crippen molar-refractivity contribution in [3.63, 3.8) is 0 Å². The highest BCUT2D eigenvalue weighted by atomic mass is 32.2. The molecule has 3 N–H and O–H groups in total. The van der Waals surface area contributed by atoms with E-state index in [2.05, 4.69) is 30.4 Å². The Morgan fingerprint density at radius 2 is 2.13 bits per heavy atom. The third kappa shape index (κ3) is 2.29. The summed E-state index contributed by atoms with van der Waals surface area (Å²) >= 11 is 1.80. The van der Waals surface area contributed by atoms with Gasteiger partial charge in [-0.05, 0) is 25.0 Å². The molecule has 0 spiro atoms. The van der Waals surface area contributed by atoms with E-state index in [1.807, 2.05) is 6.07 Å². The Kier molecular flexibility index (Phi) is 3.21. The zero-order valence-corrected chi connectivity index (χ0v) is 9.73. The minimum atomic E-state index is 0.826. The van der Waals surface area contributed by atoms with Gasteiger partial charge in [0.2, 0.25) is 0 Å². The number of nitrogens with one attached hydrogen (secondary N) is 1. The van der Waals surface area contributed by atoms with Gasteiger partial charge in [0.1, 0.15) is 5.82 Å². The Bertz CT molecular complexity index is 385. The van der Waals surface area contributed by atoms with E-state index in [9.17, 15) is 0 Å². The fourth-order valence-electron chi connectivity index (χ4n) is 1.58. The third-order valence-electron chi connectivity index (χ3n) is 2.45. The number of anilines is 1. The van der Waals surface area contributed by atoms with Crippen molar-refractivity contribution in [1.82, 2.24) is 0 Å². The van der Waals surface area contributed by atoms with Crippen molar-refractivity contribution >= 4 is 17.4 Å². The monoisotopic (exact) mass is 220 g/mol. The van der Waals surface area contributed by atoms with Gasteiger partial charge in [-0.3, -0.25) is 0 Å². The fourth-order valence-corrected chi connectivity index (χ4v) is 2.63. The number of unbranched alkanes of at least 4 members (excludes halogenated alkanes) is 1. The van der Waals surface area contributed by atoms with Crippen LogP contribution in [0.1, 0.15) is 26.2 Å². The summed E-state index contributed by atoms with van der Waals surface area (Å²) in [4.78, 5) is 2.55. The van der Waals surface area contributed by atoms with Crippen molar-refractivity contribution in [2.75, 3.05) is 5.32 Å². The van der Waals surface area contributed by atoms with Gasteiger partial charge in [-0.25, -0.2) is 0 Å². The van der Waals surface area contributed by atoms with Crippen LogP contribution >= 0.6 is 11.8 Å². The van der Waals surface area contributed by atoms with E-state index >= 15 is 0 Å². The lowest BCUT2D eigenvalue weighted by molar-refractivity contribution is 0.802. The molecule has 0 aliphatic carbocycles. The number of fused-ring (bicyclic) bond motifs is 1. The van der Waals surface area contributed by atoms with Gasteiger partial charge >= 0.3 is 0 Å². The van der Waals surface area contributed by atoms with Crippen molar-refractivity contribution in [2.24, 2.45) is 5.73 Å². The molecule has 1 aliphatic heterocycles. The average Bonchev–Trinajstić information content (AvgIpc) is 2.26. The Morgan fingerprint density at radius 1 is 1.33 bits per heavy atom. The van der Waals surface area contributed by atoms with Crippen LogP contribution in [0, 0.1) is 0 Å². The lowest BCUT2D eigenvalue weighted by atomic mass is 10.2. The molecule has 0 amide bonds. The summed E-state index contributed by atoms with van der Waals surface area (Å²) in [5.41, 5.74) is 7.11. The van der Waals surface area contributed by atoms with Crippen LogP contribution in [0.15, 0.2) is 39.9 Å². The van der Waals surface area contributed by atoms with Crippen LogP contribution in [-0.2, 0) is 0 Å². The first-order valence-corrected chi connectivity index (χ1v) is 6.15. The second-order valence-electron chi connectivity index (χ2n) is 3.66. The largest absolute Gasteiger partial charge is 0.385 e. The van der Waals surface area contributed by atoms with Crippen molar-refractivity contribution in [3.8, 4) is 0 Å². The molecule has 0 saturated heterocycles. The molecule has 1 heterocycles. The van der Waals surface area contributed by atoms with Crippen LogP contribution in [0.5, 0.6) is 0 Å². The number of allylic oxidation sites excluding steroid dienone is 1. The van der Waals surface area contributed by atoms with Gasteiger partial charge in [0, 0.05) is 9.80 Å². The summed E-state index contributed by atoms with van der Waals surface area (Å²) in [5, 5.41) is 3.26. The lowest BCUT2D eigenvalue weighted by Crippen LogP contribution is -2.15. The van der Waals surface area contributed by atoms with Crippen LogP contribution in [0.4, 0.5) is 5.69 Å². The number of hydrogen-bond acceptors (Lipinski definition) is 3. The third-order valence-corrected chi connectivity index (χ3v) is 3.69. The molecule has 0 saturated carbocycles. The predicted molar refractivity (Wildman–Crippen MR) is 66.7 cm³/mol. The van der Waals surface area contributed by atoms with Crippen LogP contribution in [0.25, 0.3) is 0 Å². The molecule has 1 aromatic carbocycles. The van der Waals surface area contributed by atoms with Gasteiger partial charge in [0.05, 0.1) is 5.69 Å². The van der Waals surface area contributed by atoms with Crippen molar-refractivity contribution in [2.45, 2.75) is 31.1 Å². The van der Waals surface area contributed by atoms with Gasteiger partial charge in [0.15, 0.2) is 0 Å². The molecular formula is C12H16N2S. The second-order valence-corrected chi connectivity index (χ2v) is 4.80. The molecule has 3 heteroatoms. The molecular weight excluding hydrogens is 204 g/mol. The van der Waals surface area contributed by atoms with Crippen molar-refractivity contribution in [3.05, 3.63) is 35.0 Å². The van der Waals surface area contributed by atoms with E-state index in [-0.39, 0.29) is 0 Å². The predicted octanol–water partition coefficient (Wildman–Crippen LogP) is 3.52. The van der Waals surface area contributed by atoms with Gasteiger partial charge in [-0.1, -0.05) is 37.2 Å². The molecule has 2 rings (SSSR count). The van der Waals surface area contributed by atoms with E-state index in [1.165, 1.54) is 22.6 Å². The Balaban J connectivity index is 2.16. The number of rotatable bonds is 3. The summed E-state index contributed by atoms with van der Waals surface area (Å²) < 4.78 is 0. The molecule has 0 aromatic heterocycles. The van der Waals surface area contributed by atoms with Crippen LogP contribution < -0.4 is 11.1 Å². The van der Waals surface area contributed by atoms with E-state index < -0.39 is 0 Å². The minimum Gasteiger partial charge on any atom is -0.385 e. The summed E-state index contributed by atoms with van der Waals surface area (Å²) in [5.74, 6) is 0.826. The summed E-state index contributed by atoms with van der Waals surface area (Å²) in [6.45, 7) is 2.20. The van der Waals surface area contributed by atoms with Crippen LogP contribution in [0.2, 0.25) is 0 Å². The molecule has 0 unspecified atom stereocenters. The first-order valence-electron chi connectivity index (χ1n) is 5.33. The summed E-state index contributed by atoms with van der Waals surface area (Å²) in [6.07, 6.45) is 3.49. The SMILES string of the molecule is CCCCC1=C(N)Nc2ccccc2S1. The molecule has 1 aliphatic rings. The summed E-state index contributed by atoms with van der Waals surface area (Å²) in [6, 6.07) is 8.28. The Labute approximate surface area is 94.9 Å². The maximum absolute atomic E-state index is 5.98. The molecule has 1 aromatic rings. The standard InChI is InChI=1S/C12H16N2S/c1-2-3-7-11-12(13)14-9-6-4-5-8-10(9)15-11/h4-6,8,14H,2-3,7,13H2,1H3. The molecule has 0 radical (unpaired) electrons. The maximum atomic E-state index is 5.98. The van der Waals surface area contributed by atoms with E-state index in [0.717, 1.165) is 17.9 Å². The highest BCUT2D eigenvalue weighted by molar-refractivity contribution is 8.03. The second kappa shape index (κ2) is 4.62. The van der Waals surface area contributed by atoms with Crippen molar-refractivity contribution < 1.29 is 0 Å². The fraction of sp³-hybridized carbons (Fsp3) is 0.333. The number of para-hydroxylation sites is 1. The number of hydrogen-bond donors (Lipinski definition) is 2. The van der Waals surface area contributed by atoms with E-state index in [4.69, 9.17) is 5.73 Å². The first kappa shape index (κ1) is 10.4. The van der Waals surface area contributed by atoms with Gasteiger partial charge < -0.3 is 11.1 Å². The topological polar surface area (TPSA) is 38.0 Å². The molecule has 0 bridgehead atoms. The molecule has 15 heavy (non-hydrogen) atoms. The number of nitrogens with two attached hydrogens (primary N) is 1. The highest BCUT2D eigenvalue weighted by Gasteiger charge is 2.15. The number of benzene rings is 1. The number of thioether (sulfide) groups is 1. The molecule has 80 valence electrons. The zero-order valence-electron chi connectivity index (χ0n) is 8.92. The van der Waals surface area contributed by atoms with E-state index in [1.54, 1.807) is 11.8 Å². The van der Waals surface area contributed by atoms with Gasteiger partial charge in [-0.15, -0.1) is 0 Å². The smallest absolute Gasteiger partial charge is 0.111 e. The Morgan fingerprint density at radius 3 is 2.93 bits per heavy atom. The Hall–Kier alpha value is -1.09. The molecule has 0 fully saturated rings. The maximum Gasteiger partial charge on any atom is 0.111 e. The lowest BCUT2D eigenvalue weighted by Gasteiger charge is -2.21. The minimum absolute atomic E-state index is 0.826. The van der Waals surface area contributed by atoms with E-state index in [0.29, 0.717) is 0 Å². The molecule has 0 atom stereocenters. The van der Waals surface area contributed by atoms with Gasteiger partial charge in [0.25, 0.3) is 0 Å². The van der Waals surface area contributed by atoms with Crippen LogP contribution in [0.3, 0.4) is 0 Å². The first-order chi connectivity index (χ1) is 7.31. The average molecular weight is 220 g/mol. The summed E-state index contributed by atoms with van der Waals surface area (Å²) in [7, 11) is 0. The molecule has 2 nitrogen and oxygen atoms in total. The van der Waals surface area contributed by atoms with Gasteiger partial charge in [-0.2, -0.15) is 0 Å².